The fourth-order valence-electron chi connectivity index (χ4n) is 1.19. The molecule has 0 atom stereocenters. The van der Waals surface area contributed by atoms with Gasteiger partial charge in [-0.05, 0) is 39.3 Å². The number of nitrogens with one attached hydrogen (secondary N) is 1. The third kappa shape index (κ3) is 1.89. The first-order valence-electron chi connectivity index (χ1n) is 4.40. The highest BCUT2D eigenvalue weighted by Gasteiger charge is 2.20. The Kier molecular flexibility index (Phi) is 2.71. The lowest BCUT2D eigenvalue weighted by Crippen LogP contribution is -2.15. The van der Waals surface area contributed by atoms with E-state index in [2.05, 4.69) is 5.32 Å². The summed E-state index contributed by atoms with van der Waals surface area (Å²) in [6.07, 6.45) is 3.91. The Balaban J connectivity index is 3.06. The lowest BCUT2D eigenvalue weighted by molar-refractivity contribution is -0.116. The lowest BCUT2D eigenvalue weighted by atomic mass is 10.1. The van der Waals surface area contributed by atoms with Crippen LogP contribution in [0.5, 0.6) is 0 Å². The number of carbonyl (C=O) groups excluding carboxylic acids is 1. The smallest absolute Gasteiger partial charge is 0.255 e. The molecule has 0 spiro atoms. The number of allylic oxidation sites excluding steroid dienone is 4. The van der Waals surface area contributed by atoms with Crippen LogP contribution in [0.4, 0.5) is 0 Å². The molecule has 2 nitrogen and oxygen atoms in total. The Hall–Kier alpha value is -1.31. The van der Waals surface area contributed by atoms with Crippen LogP contribution in [-0.2, 0) is 4.79 Å². The fraction of sp³-hybridized carbons (Fsp3) is 0.364. The number of hydrogen-bond acceptors (Lipinski definition) is 1. The molecule has 13 heavy (non-hydrogen) atoms. The van der Waals surface area contributed by atoms with Crippen LogP contribution in [0.15, 0.2) is 34.6 Å². The second kappa shape index (κ2) is 3.60. The third-order valence-electron chi connectivity index (χ3n) is 2.34. The molecular weight excluding hydrogens is 162 g/mol. The van der Waals surface area contributed by atoms with Gasteiger partial charge in [0.05, 0.1) is 0 Å². The number of amides is 1. The van der Waals surface area contributed by atoms with E-state index in [4.69, 9.17) is 0 Å². The van der Waals surface area contributed by atoms with Gasteiger partial charge in [-0.2, -0.15) is 0 Å². The molecule has 0 aromatic carbocycles. The molecule has 70 valence electrons. The zero-order valence-corrected chi connectivity index (χ0v) is 8.56. The molecule has 0 aromatic heterocycles. The van der Waals surface area contributed by atoms with E-state index >= 15 is 0 Å². The van der Waals surface area contributed by atoms with Crippen molar-refractivity contribution in [3.05, 3.63) is 34.6 Å². The molecule has 0 unspecified atom stereocenters. The maximum atomic E-state index is 11.4. The van der Waals surface area contributed by atoms with Crippen LogP contribution in [0.25, 0.3) is 0 Å². The van der Waals surface area contributed by atoms with Gasteiger partial charge in [-0.25, -0.2) is 0 Å². The highest BCUT2D eigenvalue weighted by molar-refractivity contribution is 6.02. The number of hydrogen-bond donors (Lipinski definition) is 1. The van der Waals surface area contributed by atoms with E-state index in [-0.39, 0.29) is 5.91 Å². The van der Waals surface area contributed by atoms with Gasteiger partial charge >= 0.3 is 0 Å². The first-order valence-corrected chi connectivity index (χ1v) is 4.40. The second-order valence-corrected chi connectivity index (χ2v) is 3.29. The van der Waals surface area contributed by atoms with Crippen LogP contribution in [0.2, 0.25) is 0 Å². The Morgan fingerprint density at radius 2 is 2.00 bits per heavy atom. The fourth-order valence-corrected chi connectivity index (χ4v) is 1.19. The minimum absolute atomic E-state index is 0.0104. The number of carbonyl (C=O) groups is 1. The van der Waals surface area contributed by atoms with E-state index < -0.39 is 0 Å². The third-order valence-corrected chi connectivity index (χ3v) is 2.34. The van der Waals surface area contributed by atoms with Crippen molar-refractivity contribution >= 4 is 5.91 Å². The summed E-state index contributed by atoms with van der Waals surface area (Å²) in [7, 11) is 0. The Labute approximate surface area is 79.0 Å². The lowest BCUT2D eigenvalue weighted by Gasteiger charge is -1.96. The van der Waals surface area contributed by atoms with Crippen molar-refractivity contribution < 1.29 is 4.79 Å². The number of rotatable bonds is 1. The Bertz CT molecular complexity index is 332. The van der Waals surface area contributed by atoms with Crippen molar-refractivity contribution in [3.63, 3.8) is 0 Å². The van der Waals surface area contributed by atoms with Crippen molar-refractivity contribution in [1.82, 2.24) is 5.32 Å². The molecule has 0 bridgehead atoms. The highest BCUT2D eigenvalue weighted by Crippen LogP contribution is 2.21. The van der Waals surface area contributed by atoms with Crippen LogP contribution < -0.4 is 5.32 Å². The molecule has 1 amide bonds. The minimum Gasteiger partial charge on any atom is -0.326 e. The maximum Gasteiger partial charge on any atom is 0.255 e. The molecule has 0 aliphatic carbocycles. The molecule has 1 rings (SSSR count). The van der Waals surface area contributed by atoms with Crippen molar-refractivity contribution in [3.8, 4) is 0 Å². The minimum atomic E-state index is 0.0104. The van der Waals surface area contributed by atoms with Gasteiger partial charge in [0.1, 0.15) is 0 Å². The molecule has 0 saturated carbocycles. The monoisotopic (exact) mass is 177 g/mol. The SMILES string of the molecule is CC=C(C)/C=C1\C(=O)NC(C)=C1C. The summed E-state index contributed by atoms with van der Waals surface area (Å²) in [5.41, 5.74) is 3.90. The summed E-state index contributed by atoms with van der Waals surface area (Å²) >= 11 is 0. The second-order valence-electron chi connectivity index (χ2n) is 3.29. The van der Waals surface area contributed by atoms with E-state index in [1.165, 1.54) is 0 Å². The zero-order chi connectivity index (χ0) is 10.0. The molecule has 0 radical (unpaired) electrons. The van der Waals surface area contributed by atoms with Crippen LogP contribution >= 0.6 is 0 Å². The van der Waals surface area contributed by atoms with Gasteiger partial charge in [-0.1, -0.05) is 11.6 Å². The van der Waals surface area contributed by atoms with Gasteiger partial charge in [0.15, 0.2) is 0 Å². The van der Waals surface area contributed by atoms with Crippen LogP contribution in [0, 0.1) is 0 Å². The van der Waals surface area contributed by atoms with Crippen molar-refractivity contribution in [2.75, 3.05) is 0 Å². The van der Waals surface area contributed by atoms with Crippen molar-refractivity contribution in [1.29, 1.82) is 0 Å². The maximum absolute atomic E-state index is 11.4. The largest absolute Gasteiger partial charge is 0.326 e. The predicted molar refractivity (Wildman–Crippen MR) is 54.0 cm³/mol. The molecular formula is C11H15NO. The van der Waals surface area contributed by atoms with Gasteiger partial charge in [0.25, 0.3) is 5.91 Å². The van der Waals surface area contributed by atoms with Crippen LogP contribution in [0.3, 0.4) is 0 Å². The zero-order valence-electron chi connectivity index (χ0n) is 8.56. The summed E-state index contributed by atoms with van der Waals surface area (Å²) in [6.45, 7) is 7.83. The van der Waals surface area contributed by atoms with Crippen LogP contribution in [0.1, 0.15) is 27.7 Å². The first kappa shape index (κ1) is 9.78. The average Bonchev–Trinajstić information content (AvgIpc) is 2.32. The quantitative estimate of drug-likeness (QED) is 0.612. The van der Waals surface area contributed by atoms with Crippen molar-refractivity contribution in [2.24, 2.45) is 0 Å². The Morgan fingerprint density at radius 3 is 2.38 bits per heavy atom. The van der Waals surface area contributed by atoms with Crippen molar-refractivity contribution in [2.45, 2.75) is 27.7 Å². The molecule has 0 saturated heterocycles. The van der Waals surface area contributed by atoms with E-state index in [9.17, 15) is 4.79 Å². The molecule has 2 heteroatoms. The highest BCUT2D eigenvalue weighted by atomic mass is 16.1. The van der Waals surface area contributed by atoms with Gasteiger partial charge in [-0.3, -0.25) is 4.79 Å². The average molecular weight is 177 g/mol. The molecule has 1 aliphatic rings. The van der Waals surface area contributed by atoms with E-state index in [1.54, 1.807) is 0 Å². The molecule has 0 fully saturated rings. The summed E-state index contributed by atoms with van der Waals surface area (Å²) < 4.78 is 0. The predicted octanol–water partition coefficient (Wildman–Crippen LogP) is 2.30. The molecule has 1 N–H and O–H groups in total. The summed E-state index contributed by atoms with van der Waals surface area (Å²) in [4.78, 5) is 11.4. The van der Waals surface area contributed by atoms with Gasteiger partial charge in [-0.15, -0.1) is 0 Å². The first-order chi connectivity index (χ1) is 6.06. The van der Waals surface area contributed by atoms with Gasteiger partial charge in [0, 0.05) is 11.3 Å². The molecule has 1 aliphatic heterocycles. The summed E-state index contributed by atoms with van der Waals surface area (Å²) in [6, 6.07) is 0. The summed E-state index contributed by atoms with van der Waals surface area (Å²) in [5, 5.41) is 2.79. The van der Waals surface area contributed by atoms with Crippen LogP contribution in [-0.4, -0.2) is 5.91 Å². The van der Waals surface area contributed by atoms with Gasteiger partial charge < -0.3 is 5.32 Å². The molecule has 1 heterocycles. The molecule has 0 aromatic rings. The van der Waals surface area contributed by atoms with Gasteiger partial charge in [0.2, 0.25) is 0 Å². The van der Waals surface area contributed by atoms with E-state index in [0.29, 0.717) is 0 Å². The van der Waals surface area contributed by atoms with E-state index in [0.717, 1.165) is 22.4 Å². The standard InChI is InChI=1S/C11H15NO/c1-5-7(2)6-10-8(3)9(4)12-11(10)13/h5-6H,1-4H3,(H,12,13)/b7-5?,10-6-. The Morgan fingerprint density at radius 1 is 1.38 bits per heavy atom. The summed E-state index contributed by atoms with van der Waals surface area (Å²) in [5.74, 6) is 0.0104. The van der Waals surface area contributed by atoms with E-state index in [1.807, 2.05) is 39.8 Å². The topological polar surface area (TPSA) is 29.1 Å². The normalized spacial score (nSPS) is 21.4.